The van der Waals surface area contributed by atoms with E-state index >= 15 is 0 Å². The SMILES string of the molecule is Cc1ccc2c(C)c(C(=O)NC[C@@H](c3ccc(C)o3)N(C)C)oc2c1. The molecule has 2 aromatic heterocycles. The molecular weight excluding hydrogens is 316 g/mol. The summed E-state index contributed by atoms with van der Waals surface area (Å²) in [7, 11) is 3.92. The number of hydrogen-bond acceptors (Lipinski definition) is 4. The predicted octanol–water partition coefficient (Wildman–Crippen LogP) is 3.98. The molecule has 0 saturated heterocycles. The molecule has 0 saturated carbocycles. The fourth-order valence-electron chi connectivity index (χ4n) is 2.99. The maximum absolute atomic E-state index is 12.6. The van der Waals surface area contributed by atoms with Gasteiger partial charge in [-0.25, -0.2) is 0 Å². The molecule has 25 heavy (non-hydrogen) atoms. The van der Waals surface area contributed by atoms with Crippen LogP contribution >= 0.6 is 0 Å². The molecule has 1 atom stereocenters. The highest BCUT2D eigenvalue weighted by Crippen LogP contribution is 2.26. The van der Waals surface area contributed by atoms with Crippen LogP contribution in [-0.2, 0) is 0 Å². The van der Waals surface area contributed by atoms with Crippen LogP contribution in [0.3, 0.4) is 0 Å². The molecule has 1 amide bonds. The molecule has 3 aromatic rings. The summed E-state index contributed by atoms with van der Waals surface area (Å²) >= 11 is 0. The van der Waals surface area contributed by atoms with E-state index in [-0.39, 0.29) is 11.9 Å². The predicted molar refractivity (Wildman–Crippen MR) is 97.9 cm³/mol. The van der Waals surface area contributed by atoms with E-state index in [1.54, 1.807) is 0 Å². The highest BCUT2D eigenvalue weighted by molar-refractivity contribution is 5.99. The number of carbonyl (C=O) groups excluding carboxylic acids is 1. The van der Waals surface area contributed by atoms with E-state index < -0.39 is 0 Å². The first-order valence-corrected chi connectivity index (χ1v) is 8.37. The zero-order valence-corrected chi connectivity index (χ0v) is 15.3. The van der Waals surface area contributed by atoms with E-state index in [1.807, 2.05) is 70.1 Å². The molecule has 5 nitrogen and oxygen atoms in total. The molecule has 0 radical (unpaired) electrons. The topological polar surface area (TPSA) is 58.6 Å². The van der Waals surface area contributed by atoms with Crippen molar-refractivity contribution < 1.29 is 13.6 Å². The molecule has 3 rings (SSSR count). The van der Waals surface area contributed by atoms with Crippen molar-refractivity contribution in [2.75, 3.05) is 20.6 Å². The summed E-state index contributed by atoms with van der Waals surface area (Å²) in [6.07, 6.45) is 0. The fourth-order valence-corrected chi connectivity index (χ4v) is 2.99. The van der Waals surface area contributed by atoms with E-state index in [0.717, 1.165) is 33.6 Å². The lowest BCUT2D eigenvalue weighted by molar-refractivity contribution is 0.0912. The second-order valence-corrected chi connectivity index (χ2v) is 6.69. The summed E-state index contributed by atoms with van der Waals surface area (Å²) in [5.41, 5.74) is 2.71. The molecule has 0 bridgehead atoms. The zero-order chi connectivity index (χ0) is 18.1. The molecular formula is C20H24N2O3. The molecule has 5 heteroatoms. The van der Waals surface area contributed by atoms with Gasteiger partial charge in [-0.3, -0.25) is 9.69 Å². The number of furan rings is 2. The highest BCUT2D eigenvalue weighted by atomic mass is 16.3. The Kier molecular flexibility index (Phi) is 4.68. The van der Waals surface area contributed by atoms with Crippen molar-refractivity contribution in [3.05, 3.63) is 58.7 Å². The van der Waals surface area contributed by atoms with Crippen LogP contribution in [0.2, 0.25) is 0 Å². The maximum atomic E-state index is 12.6. The highest BCUT2D eigenvalue weighted by Gasteiger charge is 2.22. The van der Waals surface area contributed by atoms with Gasteiger partial charge in [-0.05, 0) is 58.6 Å². The number of aryl methyl sites for hydroxylation is 3. The number of carbonyl (C=O) groups is 1. The van der Waals surface area contributed by atoms with E-state index in [2.05, 4.69) is 5.32 Å². The molecule has 0 fully saturated rings. The Morgan fingerprint density at radius 3 is 2.52 bits per heavy atom. The number of benzene rings is 1. The first-order valence-electron chi connectivity index (χ1n) is 8.37. The number of nitrogens with zero attached hydrogens (tertiary/aromatic N) is 1. The molecule has 0 aliphatic rings. The average molecular weight is 340 g/mol. The monoisotopic (exact) mass is 340 g/mol. The number of fused-ring (bicyclic) bond motifs is 1. The van der Waals surface area contributed by atoms with Gasteiger partial charge >= 0.3 is 0 Å². The van der Waals surface area contributed by atoms with Gasteiger partial charge in [-0.1, -0.05) is 12.1 Å². The molecule has 1 aromatic carbocycles. The van der Waals surface area contributed by atoms with Gasteiger partial charge in [0.2, 0.25) is 0 Å². The van der Waals surface area contributed by atoms with Crippen molar-refractivity contribution in [3.8, 4) is 0 Å². The lowest BCUT2D eigenvalue weighted by Gasteiger charge is -2.22. The molecule has 2 heterocycles. The van der Waals surface area contributed by atoms with Gasteiger partial charge in [-0.15, -0.1) is 0 Å². The Labute approximate surface area is 147 Å². The summed E-state index contributed by atoms with van der Waals surface area (Å²) in [4.78, 5) is 14.7. The van der Waals surface area contributed by atoms with Crippen molar-refractivity contribution >= 4 is 16.9 Å². The van der Waals surface area contributed by atoms with Crippen molar-refractivity contribution in [3.63, 3.8) is 0 Å². The van der Waals surface area contributed by atoms with Crippen LogP contribution in [0.25, 0.3) is 11.0 Å². The number of amides is 1. The fraction of sp³-hybridized carbons (Fsp3) is 0.350. The minimum Gasteiger partial charge on any atom is -0.465 e. The first kappa shape index (κ1) is 17.3. The van der Waals surface area contributed by atoms with Crippen LogP contribution in [-0.4, -0.2) is 31.4 Å². The van der Waals surface area contributed by atoms with Crippen LogP contribution in [0.5, 0.6) is 0 Å². The molecule has 0 spiro atoms. The van der Waals surface area contributed by atoms with Crippen LogP contribution in [0.1, 0.15) is 39.2 Å². The molecule has 0 aliphatic carbocycles. The Bertz CT molecular complexity index is 905. The summed E-state index contributed by atoms with van der Waals surface area (Å²) in [5, 5.41) is 3.94. The Hall–Kier alpha value is -2.53. The van der Waals surface area contributed by atoms with E-state index in [9.17, 15) is 4.79 Å². The van der Waals surface area contributed by atoms with Crippen LogP contribution in [0, 0.1) is 20.8 Å². The number of hydrogen-bond donors (Lipinski definition) is 1. The summed E-state index contributed by atoms with van der Waals surface area (Å²) in [5.74, 6) is 1.85. The van der Waals surface area contributed by atoms with E-state index in [0.29, 0.717) is 12.3 Å². The minimum absolute atomic E-state index is 0.0374. The van der Waals surface area contributed by atoms with Gasteiger partial charge in [0.15, 0.2) is 5.76 Å². The zero-order valence-electron chi connectivity index (χ0n) is 15.3. The quantitative estimate of drug-likeness (QED) is 0.763. The average Bonchev–Trinajstić information content (AvgIpc) is 3.11. The van der Waals surface area contributed by atoms with Gasteiger partial charge in [-0.2, -0.15) is 0 Å². The molecule has 1 N–H and O–H groups in total. The van der Waals surface area contributed by atoms with Gasteiger partial charge in [0.25, 0.3) is 5.91 Å². The largest absolute Gasteiger partial charge is 0.465 e. The van der Waals surface area contributed by atoms with Gasteiger partial charge in [0.1, 0.15) is 17.1 Å². The van der Waals surface area contributed by atoms with E-state index in [4.69, 9.17) is 8.83 Å². The van der Waals surface area contributed by atoms with Gasteiger partial charge in [0, 0.05) is 17.5 Å². The normalized spacial score (nSPS) is 12.7. The Balaban J connectivity index is 1.78. The van der Waals surface area contributed by atoms with Crippen molar-refractivity contribution in [2.45, 2.75) is 26.8 Å². The van der Waals surface area contributed by atoms with E-state index in [1.165, 1.54) is 0 Å². The third-order valence-electron chi connectivity index (χ3n) is 4.47. The maximum Gasteiger partial charge on any atom is 0.287 e. The Morgan fingerprint density at radius 1 is 1.12 bits per heavy atom. The standard InChI is InChI=1S/C20H24N2O3/c1-12-6-8-15-14(3)19(25-18(15)10-12)20(23)21-11-16(22(4)5)17-9-7-13(2)24-17/h6-10,16H,11H2,1-5H3,(H,21,23)/t16-/m0/s1. The van der Waals surface area contributed by atoms with Crippen molar-refractivity contribution in [1.29, 1.82) is 0 Å². The molecule has 0 unspecified atom stereocenters. The van der Waals surface area contributed by atoms with Crippen LogP contribution in [0.15, 0.2) is 39.2 Å². The number of rotatable bonds is 5. The lowest BCUT2D eigenvalue weighted by Crippen LogP contribution is -2.34. The molecule has 132 valence electrons. The Morgan fingerprint density at radius 2 is 1.88 bits per heavy atom. The van der Waals surface area contributed by atoms with Gasteiger partial charge in [0.05, 0.1) is 6.04 Å². The lowest BCUT2D eigenvalue weighted by atomic mass is 10.1. The number of nitrogens with one attached hydrogen (secondary N) is 1. The van der Waals surface area contributed by atoms with Gasteiger partial charge < -0.3 is 14.2 Å². The van der Waals surface area contributed by atoms with Crippen LogP contribution in [0.4, 0.5) is 0 Å². The minimum atomic E-state index is -0.207. The summed E-state index contributed by atoms with van der Waals surface area (Å²) < 4.78 is 11.5. The first-order chi connectivity index (χ1) is 11.9. The third kappa shape index (κ3) is 3.46. The third-order valence-corrected chi connectivity index (χ3v) is 4.47. The summed E-state index contributed by atoms with van der Waals surface area (Å²) in [6.45, 7) is 6.27. The summed E-state index contributed by atoms with van der Waals surface area (Å²) in [6, 6.07) is 9.81. The van der Waals surface area contributed by atoms with Crippen LogP contribution < -0.4 is 5.32 Å². The smallest absolute Gasteiger partial charge is 0.287 e. The molecule has 0 aliphatic heterocycles. The van der Waals surface area contributed by atoms with Crippen molar-refractivity contribution in [1.82, 2.24) is 10.2 Å². The second-order valence-electron chi connectivity index (χ2n) is 6.69. The van der Waals surface area contributed by atoms with Crippen molar-refractivity contribution in [2.24, 2.45) is 0 Å². The second kappa shape index (κ2) is 6.76. The number of likely N-dealkylation sites (N-methyl/N-ethyl adjacent to an activating group) is 1.